The molecule has 0 saturated carbocycles. The largest absolute Gasteiger partial charge is 0.332 e. The van der Waals surface area contributed by atoms with Crippen LogP contribution in [0.25, 0.3) is 21.6 Å². The van der Waals surface area contributed by atoms with Crippen molar-refractivity contribution in [1.82, 2.24) is 25.1 Å². The Kier molecular flexibility index (Phi) is 5.18. The summed E-state index contributed by atoms with van der Waals surface area (Å²) in [6.07, 6.45) is 4.73. The average Bonchev–Trinajstić information content (AvgIpc) is 3.29. The van der Waals surface area contributed by atoms with Crippen LogP contribution in [0.2, 0.25) is 0 Å². The third-order valence-corrected chi connectivity index (χ3v) is 4.88. The van der Waals surface area contributed by atoms with Gasteiger partial charge in [0.25, 0.3) is 0 Å². The molecule has 9 heteroatoms. The highest BCUT2D eigenvalue weighted by atomic mass is 32.1. The third-order valence-electron chi connectivity index (χ3n) is 3.72. The normalized spacial score (nSPS) is 11.0. The molecule has 4 rings (SSSR count). The second-order valence-corrected chi connectivity index (χ2v) is 7.10. The summed E-state index contributed by atoms with van der Waals surface area (Å²) in [5, 5.41) is 18.9. The predicted octanol–water partition coefficient (Wildman–Crippen LogP) is 3.38. The van der Waals surface area contributed by atoms with E-state index < -0.39 is 0 Å². The summed E-state index contributed by atoms with van der Waals surface area (Å²) in [4.78, 5) is 12.7. The van der Waals surface area contributed by atoms with Crippen molar-refractivity contribution in [2.45, 2.75) is 0 Å². The van der Waals surface area contributed by atoms with Gasteiger partial charge in [0.2, 0.25) is 10.9 Å². The number of amides is 1. The monoisotopic (exact) mass is 406 g/mol. The zero-order valence-corrected chi connectivity index (χ0v) is 16.1. The summed E-state index contributed by atoms with van der Waals surface area (Å²) in [6, 6.07) is 17.2. The third kappa shape index (κ3) is 4.27. The van der Waals surface area contributed by atoms with Crippen LogP contribution < -0.4 is 10.6 Å². The summed E-state index contributed by atoms with van der Waals surface area (Å²) in [7, 11) is 0. The molecule has 2 aromatic heterocycles. The zero-order valence-electron chi connectivity index (χ0n) is 14.4. The van der Waals surface area contributed by atoms with Gasteiger partial charge in [-0.3, -0.25) is 10.1 Å². The summed E-state index contributed by atoms with van der Waals surface area (Å²) >= 11 is 6.67. The molecule has 0 unspecified atom stereocenters. The smallest absolute Gasteiger partial charge is 0.250 e. The molecule has 138 valence electrons. The number of fused-ring (bicyclic) bond motifs is 1. The van der Waals surface area contributed by atoms with Crippen molar-refractivity contribution in [3.05, 3.63) is 72.6 Å². The number of nitrogens with zero attached hydrogens (tertiary/aromatic N) is 4. The highest BCUT2D eigenvalue weighted by molar-refractivity contribution is 7.80. The Bertz CT molecular complexity index is 1140. The van der Waals surface area contributed by atoms with Crippen molar-refractivity contribution in [2.75, 3.05) is 5.32 Å². The molecule has 0 bridgehead atoms. The average molecular weight is 406 g/mol. The van der Waals surface area contributed by atoms with Crippen molar-refractivity contribution in [3.8, 4) is 10.6 Å². The number of aromatic nitrogens is 4. The number of benzene rings is 2. The molecule has 0 atom stereocenters. The van der Waals surface area contributed by atoms with E-state index in [1.54, 1.807) is 16.9 Å². The van der Waals surface area contributed by atoms with Gasteiger partial charge in [0.15, 0.2) is 5.11 Å². The van der Waals surface area contributed by atoms with Crippen LogP contribution in [0.4, 0.5) is 5.69 Å². The molecular formula is C19H14N6OS2. The van der Waals surface area contributed by atoms with E-state index in [0.29, 0.717) is 0 Å². The number of rotatable bonds is 4. The van der Waals surface area contributed by atoms with Crippen molar-refractivity contribution < 1.29 is 4.79 Å². The van der Waals surface area contributed by atoms with E-state index in [1.165, 1.54) is 17.4 Å². The van der Waals surface area contributed by atoms with Crippen molar-refractivity contribution in [2.24, 2.45) is 0 Å². The molecule has 2 aromatic carbocycles. The maximum atomic E-state index is 12.0. The van der Waals surface area contributed by atoms with E-state index in [1.807, 2.05) is 54.6 Å². The second kappa shape index (κ2) is 8.07. The number of carbonyl (C=O) groups excluding carboxylic acids is 1. The van der Waals surface area contributed by atoms with Gasteiger partial charge in [-0.05, 0) is 36.0 Å². The summed E-state index contributed by atoms with van der Waals surface area (Å²) in [5.41, 5.74) is 2.61. The number of carbonyl (C=O) groups is 1. The molecule has 4 aromatic rings. The van der Waals surface area contributed by atoms with E-state index in [-0.39, 0.29) is 11.0 Å². The Balaban J connectivity index is 1.40. The van der Waals surface area contributed by atoms with Crippen LogP contribution in [0.1, 0.15) is 5.56 Å². The first kappa shape index (κ1) is 18.0. The molecule has 2 heterocycles. The minimum absolute atomic E-state index is 0.220. The van der Waals surface area contributed by atoms with Crippen LogP contribution in [0.5, 0.6) is 0 Å². The molecule has 0 spiro atoms. The quantitative estimate of drug-likeness (QED) is 0.399. The molecule has 1 amide bonds. The highest BCUT2D eigenvalue weighted by Crippen LogP contribution is 2.26. The Morgan fingerprint density at radius 1 is 1.14 bits per heavy atom. The number of hydrogen-bond acceptors (Lipinski definition) is 6. The van der Waals surface area contributed by atoms with Crippen molar-refractivity contribution >= 4 is 51.3 Å². The van der Waals surface area contributed by atoms with Gasteiger partial charge in [0.1, 0.15) is 11.3 Å². The minimum atomic E-state index is -0.300. The molecule has 0 aliphatic heterocycles. The fraction of sp³-hybridized carbons (Fsp3) is 0. The lowest BCUT2D eigenvalue weighted by atomic mass is 10.2. The van der Waals surface area contributed by atoms with Crippen LogP contribution in [-0.4, -0.2) is 30.8 Å². The Hall–Kier alpha value is -3.43. The lowest BCUT2D eigenvalue weighted by Crippen LogP contribution is -2.32. The first-order valence-corrected chi connectivity index (χ1v) is 9.52. The van der Waals surface area contributed by atoms with Gasteiger partial charge < -0.3 is 5.32 Å². The van der Waals surface area contributed by atoms with Gasteiger partial charge in [-0.2, -0.15) is 9.61 Å². The molecule has 0 aliphatic carbocycles. The van der Waals surface area contributed by atoms with Gasteiger partial charge >= 0.3 is 0 Å². The summed E-state index contributed by atoms with van der Waals surface area (Å²) < 4.78 is 1.63. The Morgan fingerprint density at radius 2 is 2.00 bits per heavy atom. The molecule has 2 N–H and O–H groups in total. The lowest BCUT2D eigenvalue weighted by Gasteiger charge is -2.09. The fourth-order valence-corrected chi connectivity index (χ4v) is 3.49. The van der Waals surface area contributed by atoms with Crippen LogP contribution in [0.15, 0.2) is 67.0 Å². The Labute approximate surface area is 169 Å². The van der Waals surface area contributed by atoms with Gasteiger partial charge in [-0.15, -0.1) is 10.2 Å². The first-order valence-electron chi connectivity index (χ1n) is 8.30. The lowest BCUT2D eigenvalue weighted by molar-refractivity contribution is -0.115. The van der Waals surface area contributed by atoms with Gasteiger partial charge in [0.05, 0.1) is 0 Å². The van der Waals surface area contributed by atoms with Crippen LogP contribution in [0, 0.1) is 0 Å². The standard InChI is InChI=1S/C19H14N6OS2/c26-16(10-9-13-5-2-1-3-6-13)22-18(27)21-15-8-4-7-14(11-15)17-24-25-12-20-23-19(25)28-17/h1-12H,(H2,21,22,26,27). The highest BCUT2D eigenvalue weighted by Gasteiger charge is 2.09. The van der Waals surface area contributed by atoms with E-state index in [0.717, 1.165) is 26.8 Å². The topological polar surface area (TPSA) is 84.2 Å². The van der Waals surface area contributed by atoms with Gasteiger partial charge in [-0.25, -0.2) is 0 Å². The maximum Gasteiger partial charge on any atom is 0.250 e. The number of thiocarbonyl (C=S) groups is 1. The van der Waals surface area contributed by atoms with Crippen LogP contribution >= 0.6 is 23.6 Å². The van der Waals surface area contributed by atoms with E-state index >= 15 is 0 Å². The fourth-order valence-electron chi connectivity index (χ4n) is 2.46. The van der Waals surface area contributed by atoms with Gasteiger partial charge in [0, 0.05) is 17.3 Å². The van der Waals surface area contributed by atoms with Crippen molar-refractivity contribution in [1.29, 1.82) is 0 Å². The zero-order chi connectivity index (χ0) is 19.3. The van der Waals surface area contributed by atoms with Crippen molar-refractivity contribution in [3.63, 3.8) is 0 Å². The number of hydrogen-bond donors (Lipinski definition) is 2. The number of nitrogens with one attached hydrogen (secondary N) is 2. The van der Waals surface area contributed by atoms with Gasteiger partial charge in [-0.1, -0.05) is 53.8 Å². The summed E-state index contributed by atoms with van der Waals surface area (Å²) in [5.74, 6) is -0.300. The first-order chi connectivity index (χ1) is 13.7. The molecule has 0 radical (unpaired) electrons. The summed E-state index contributed by atoms with van der Waals surface area (Å²) in [6.45, 7) is 0. The van der Waals surface area contributed by atoms with Crippen LogP contribution in [-0.2, 0) is 4.79 Å². The van der Waals surface area contributed by atoms with E-state index in [4.69, 9.17) is 12.2 Å². The van der Waals surface area contributed by atoms with E-state index in [2.05, 4.69) is 25.9 Å². The molecule has 28 heavy (non-hydrogen) atoms. The number of anilines is 1. The van der Waals surface area contributed by atoms with Crippen LogP contribution in [0.3, 0.4) is 0 Å². The van der Waals surface area contributed by atoms with E-state index in [9.17, 15) is 4.79 Å². The molecule has 0 fully saturated rings. The molecule has 0 saturated heterocycles. The molecular weight excluding hydrogens is 392 g/mol. The minimum Gasteiger partial charge on any atom is -0.332 e. The molecule has 0 aliphatic rings. The maximum absolute atomic E-state index is 12.0. The predicted molar refractivity (Wildman–Crippen MR) is 114 cm³/mol. The Morgan fingerprint density at radius 3 is 2.82 bits per heavy atom. The second-order valence-electron chi connectivity index (χ2n) is 5.73. The molecule has 7 nitrogen and oxygen atoms in total. The SMILES string of the molecule is O=C(C=Cc1ccccc1)NC(=S)Nc1cccc(-c2nn3cnnc3s2)c1.